The first-order valence-electron chi connectivity index (χ1n) is 8.65. The Morgan fingerprint density at radius 3 is 2.19 bits per heavy atom. The van der Waals surface area contributed by atoms with Gasteiger partial charge in [0.15, 0.2) is 0 Å². The van der Waals surface area contributed by atoms with E-state index in [-0.39, 0.29) is 0 Å². The van der Waals surface area contributed by atoms with E-state index in [2.05, 4.69) is 97.3 Å². The van der Waals surface area contributed by atoms with Gasteiger partial charge < -0.3 is 0 Å². The van der Waals surface area contributed by atoms with Crippen molar-refractivity contribution < 1.29 is 0 Å². The quantitative estimate of drug-likeness (QED) is 0.361. The molecule has 126 valence electrons. The standard InChI is InChI=1S/C24H19NS/c1-18-25-23(17-26-18)24-21(16-15-19-9-4-2-5-10-19)13-8-14-22(24)20-11-6-3-7-12-20/h2-17H,1H3. The normalized spacial score (nSPS) is 11.1. The van der Waals surface area contributed by atoms with Crippen molar-refractivity contribution >= 4 is 23.5 Å². The molecular weight excluding hydrogens is 334 g/mol. The maximum absolute atomic E-state index is 4.77. The molecule has 0 amide bonds. The molecule has 0 saturated carbocycles. The first kappa shape index (κ1) is 16.5. The summed E-state index contributed by atoms with van der Waals surface area (Å²) in [6.07, 6.45) is 4.35. The van der Waals surface area contributed by atoms with Gasteiger partial charge in [0.2, 0.25) is 0 Å². The lowest BCUT2D eigenvalue weighted by Crippen LogP contribution is -1.90. The fourth-order valence-corrected chi connectivity index (χ4v) is 3.69. The van der Waals surface area contributed by atoms with Gasteiger partial charge in [-0.05, 0) is 29.2 Å². The number of aromatic nitrogens is 1. The first-order chi connectivity index (χ1) is 12.8. The molecule has 0 spiro atoms. The van der Waals surface area contributed by atoms with E-state index in [4.69, 9.17) is 4.98 Å². The minimum atomic E-state index is 1.04. The maximum Gasteiger partial charge on any atom is 0.0901 e. The summed E-state index contributed by atoms with van der Waals surface area (Å²) < 4.78 is 0. The highest BCUT2D eigenvalue weighted by molar-refractivity contribution is 7.09. The van der Waals surface area contributed by atoms with Crippen molar-refractivity contribution in [2.45, 2.75) is 6.92 Å². The molecule has 4 aromatic rings. The monoisotopic (exact) mass is 353 g/mol. The molecule has 2 heteroatoms. The Hall–Kier alpha value is -2.97. The van der Waals surface area contributed by atoms with Crippen molar-refractivity contribution in [3.8, 4) is 22.4 Å². The minimum Gasteiger partial charge on any atom is -0.242 e. The Morgan fingerprint density at radius 1 is 0.769 bits per heavy atom. The summed E-state index contributed by atoms with van der Waals surface area (Å²) in [6.45, 7) is 2.05. The number of thiazole rings is 1. The summed E-state index contributed by atoms with van der Waals surface area (Å²) >= 11 is 1.69. The molecule has 0 aliphatic carbocycles. The highest BCUT2D eigenvalue weighted by atomic mass is 32.1. The van der Waals surface area contributed by atoms with E-state index in [0.717, 1.165) is 10.7 Å². The summed E-state index contributed by atoms with van der Waals surface area (Å²) in [5.74, 6) is 0. The van der Waals surface area contributed by atoms with Gasteiger partial charge in [0.1, 0.15) is 0 Å². The Balaban J connectivity index is 1.87. The average molecular weight is 353 g/mol. The van der Waals surface area contributed by atoms with Gasteiger partial charge in [-0.3, -0.25) is 0 Å². The second kappa shape index (κ2) is 7.51. The zero-order valence-corrected chi connectivity index (χ0v) is 15.4. The van der Waals surface area contributed by atoms with Crippen LogP contribution in [-0.4, -0.2) is 4.98 Å². The smallest absolute Gasteiger partial charge is 0.0901 e. The van der Waals surface area contributed by atoms with Gasteiger partial charge in [-0.25, -0.2) is 4.98 Å². The van der Waals surface area contributed by atoms with Gasteiger partial charge in [-0.2, -0.15) is 0 Å². The zero-order valence-electron chi connectivity index (χ0n) is 14.6. The maximum atomic E-state index is 4.77. The third-order valence-corrected chi connectivity index (χ3v) is 5.09. The van der Waals surface area contributed by atoms with E-state index in [0.29, 0.717) is 0 Å². The summed E-state index contributed by atoms with van der Waals surface area (Å²) in [6, 6.07) is 27.4. The van der Waals surface area contributed by atoms with Crippen molar-refractivity contribution in [1.29, 1.82) is 0 Å². The van der Waals surface area contributed by atoms with Crippen LogP contribution < -0.4 is 0 Å². The van der Waals surface area contributed by atoms with Gasteiger partial charge in [-0.1, -0.05) is 91.0 Å². The summed E-state index contributed by atoms with van der Waals surface area (Å²) in [7, 11) is 0. The molecule has 0 N–H and O–H groups in total. The Bertz CT molecular complexity index is 1030. The molecule has 0 aliphatic heterocycles. The first-order valence-corrected chi connectivity index (χ1v) is 9.53. The predicted octanol–water partition coefficient (Wildman–Crippen LogP) is 6.96. The van der Waals surface area contributed by atoms with Gasteiger partial charge in [0.05, 0.1) is 10.7 Å². The van der Waals surface area contributed by atoms with Gasteiger partial charge in [-0.15, -0.1) is 11.3 Å². The molecular formula is C24H19NS. The van der Waals surface area contributed by atoms with Crippen LogP contribution >= 0.6 is 11.3 Å². The Kier molecular flexibility index (Phi) is 4.76. The van der Waals surface area contributed by atoms with Crippen LogP contribution in [0.25, 0.3) is 34.5 Å². The van der Waals surface area contributed by atoms with Crippen LogP contribution in [0.15, 0.2) is 84.2 Å². The van der Waals surface area contributed by atoms with E-state index in [1.807, 2.05) is 6.07 Å². The summed E-state index contributed by atoms with van der Waals surface area (Å²) in [5, 5.41) is 3.23. The fourth-order valence-electron chi connectivity index (χ4n) is 3.08. The van der Waals surface area contributed by atoms with Crippen LogP contribution in [0.3, 0.4) is 0 Å². The second-order valence-electron chi connectivity index (χ2n) is 6.13. The van der Waals surface area contributed by atoms with Gasteiger partial charge in [0.25, 0.3) is 0 Å². The predicted molar refractivity (Wildman–Crippen MR) is 113 cm³/mol. The lowest BCUT2D eigenvalue weighted by atomic mass is 9.93. The number of nitrogens with zero attached hydrogens (tertiary/aromatic N) is 1. The molecule has 1 heterocycles. The van der Waals surface area contributed by atoms with Crippen molar-refractivity contribution in [2.24, 2.45) is 0 Å². The largest absolute Gasteiger partial charge is 0.242 e. The summed E-state index contributed by atoms with van der Waals surface area (Å²) in [4.78, 5) is 4.77. The van der Waals surface area contributed by atoms with E-state index in [1.165, 1.54) is 27.8 Å². The zero-order chi connectivity index (χ0) is 17.8. The summed E-state index contributed by atoms with van der Waals surface area (Å²) in [5.41, 5.74) is 7.03. The van der Waals surface area contributed by atoms with Crippen molar-refractivity contribution in [1.82, 2.24) is 4.98 Å². The third kappa shape index (κ3) is 3.51. The molecule has 26 heavy (non-hydrogen) atoms. The van der Waals surface area contributed by atoms with E-state index in [1.54, 1.807) is 11.3 Å². The molecule has 0 bridgehead atoms. The van der Waals surface area contributed by atoms with Crippen LogP contribution in [0.4, 0.5) is 0 Å². The van der Waals surface area contributed by atoms with E-state index >= 15 is 0 Å². The van der Waals surface area contributed by atoms with Crippen molar-refractivity contribution in [2.75, 3.05) is 0 Å². The number of aryl methyl sites for hydroxylation is 1. The number of rotatable bonds is 4. The van der Waals surface area contributed by atoms with Crippen molar-refractivity contribution in [3.05, 3.63) is 100 Å². The minimum absolute atomic E-state index is 1.04. The highest BCUT2D eigenvalue weighted by Crippen LogP contribution is 2.36. The second-order valence-corrected chi connectivity index (χ2v) is 7.19. The average Bonchev–Trinajstić information content (AvgIpc) is 3.13. The molecule has 0 saturated heterocycles. The van der Waals surface area contributed by atoms with Crippen LogP contribution in [-0.2, 0) is 0 Å². The molecule has 4 rings (SSSR count). The Labute approximate surface area is 158 Å². The molecule has 0 atom stereocenters. The van der Waals surface area contributed by atoms with Crippen molar-refractivity contribution in [3.63, 3.8) is 0 Å². The number of hydrogen-bond donors (Lipinski definition) is 0. The molecule has 3 aromatic carbocycles. The van der Waals surface area contributed by atoms with E-state index in [9.17, 15) is 0 Å². The number of benzene rings is 3. The molecule has 0 unspecified atom stereocenters. The van der Waals surface area contributed by atoms with Crippen LogP contribution in [0.1, 0.15) is 16.1 Å². The topological polar surface area (TPSA) is 12.9 Å². The van der Waals surface area contributed by atoms with E-state index < -0.39 is 0 Å². The van der Waals surface area contributed by atoms with Gasteiger partial charge >= 0.3 is 0 Å². The van der Waals surface area contributed by atoms with Crippen LogP contribution in [0.2, 0.25) is 0 Å². The lowest BCUT2D eigenvalue weighted by Gasteiger charge is -2.12. The fraction of sp³-hybridized carbons (Fsp3) is 0.0417. The SMILES string of the molecule is Cc1nc(-c2c(C=Cc3ccccc3)cccc2-c2ccccc2)cs1. The Morgan fingerprint density at radius 2 is 1.50 bits per heavy atom. The van der Waals surface area contributed by atoms with Gasteiger partial charge in [0, 0.05) is 10.9 Å². The molecule has 0 aliphatic rings. The van der Waals surface area contributed by atoms with Crippen LogP contribution in [0, 0.1) is 6.92 Å². The molecule has 0 fully saturated rings. The van der Waals surface area contributed by atoms with Crippen LogP contribution in [0.5, 0.6) is 0 Å². The number of hydrogen-bond acceptors (Lipinski definition) is 2. The lowest BCUT2D eigenvalue weighted by molar-refractivity contribution is 1.30. The molecule has 0 radical (unpaired) electrons. The third-order valence-electron chi connectivity index (χ3n) is 4.31. The highest BCUT2D eigenvalue weighted by Gasteiger charge is 2.13. The molecule has 1 aromatic heterocycles. The molecule has 1 nitrogen and oxygen atoms in total.